The molecule has 5 heteroatoms. The summed E-state index contributed by atoms with van der Waals surface area (Å²) in [6.07, 6.45) is 0.760. The van der Waals surface area contributed by atoms with Crippen molar-refractivity contribution in [2.45, 2.75) is 32.8 Å². The van der Waals surface area contributed by atoms with Gasteiger partial charge in [0.25, 0.3) is 0 Å². The van der Waals surface area contributed by atoms with E-state index in [2.05, 4.69) is 19.0 Å². The van der Waals surface area contributed by atoms with Gasteiger partial charge in [-0.2, -0.15) is 0 Å². The van der Waals surface area contributed by atoms with Gasteiger partial charge in [-0.15, -0.1) is 0 Å². The summed E-state index contributed by atoms with van der Waals surface area (Å²) in [5, 5.41) is 13.3. The van der Waals surface area contributed by atoms with Crippen molar-refractivity contribution in [1.29, 1.82) is 0 Å². The number of nitrogens with zero attached hydrogens (tertiary/aromatic N) is 2. The molecule has 1 heterocycles. The molecular weight excluding hydrogens is 268 g/mol. The number of hydrogen-bond donors (Lipinski definition) is 1. The van der Waals surface area contributed by atoms with Crippen LogP contribution in [0.2, 0.25) is 0 Å². The number of carbonyl (C=O) groups excluding carboxylic acids is 1. The van der Waals surface area contributed by atoms with Gasteiger partial charge in [0.05, 0.1) is 12.1 Å². The highest BCUT2D eigenvalue weighted by molar-refractivity contribution is 6.01. The smallest absolute Gasteiger partial charge is 0.226 e. The molecule has 1 atom stereocenters. The number of carbonyl (C=O) groups is 1. The fraction of sp³-hybridized carbons (Fsp3) is 0.500. The second-order valence-electron chi connectivity index (χ2n) is 5.89. The van der Waals surface area contributed by atoms with E-state index in [1.807, 2.05) is 7.05 Å². The second kappa shape index (κ2) is 6.61. The Bertz CT molecular complexity index is 523. The van der Waals surface area contributed by atoms with E-state index in [0.717, 1.165) is 17.8 Å². The van der Waals surface area contributed by atoms with Crippen LogP contribution in [0.5, 0.6) is 5.75 Å². The third-order valence-electron chi connectivity index (χ3n) is 3.40. The highest BCUT2D eigenvalue weighted by Crippen LogP contribution is 2.21. The van der Waals surface area contributed by atoms with Crippen LogP contribution in [-0.2, 0) is 9.63 Å². The Morgan fingerprint density at radius 1 is 1.43 bits per heavy atom. The average Bonchev–Trinajstić information content (AvgIpc) is 2.87. The lowest BCUT2D eigenvalue weighted by Crippen LogP contribution is -2.32. The number of benzene rings is 1. The van der Waals surface area contributed by atoms with Crippen LogP contribution in [0.1, 0.15) is 32.3 Å². The number of aromatic hydroxyl groups is 1. The number of oxime groups is 1. The summed E-state index contributed by atoms with van der Waals surface area (Å²) in [6, 6.07) is 6.83. The minimum Gasteiger partial charge on any atom is -0.508 e. The van der Waals surface area contributed by atoms with Crippen LogP contribution in [0.15, 0.2) is 29.4 Å². The van der Waals surface area contributed by atoms with Crippen LogP contribution in [-0.4, -0.2) is 41.3 Å². The molecule has 5 nitrogen and oxygen atoms in total. The zero-order valence-corrected chi connectivity index (χ0v) is 12.7. The minimum absolute atomic E-state index is 0.0795. The second-order valence-corrected chi connectivity index (χ2v) is 5.89. The quantitative estimate of drug-likeness (QED) is 0.905. The Morgan fingerprint density at radius 3 is 2.71 bits per heavy atom. The molecule has 0 saturated carbocycles. The summed E-state index contributed by atoms with van der Waals surface area (Å²) in [5.41, 5.74) is 1.73. The van der Waals surface area contributed by atoms with Gasteiger partial charge in [0.2, 0.25) is 5.91 Å². The monoisotopic (exact) mass is 290 g/mol. The van der Waals surface area contributed by atoms with Gasteiger partial charge in [0, 0.05) is 20.0 Å². The lowest BCUT2D eigenvalue weighted by atomic mass is 10.0. The molecule has 1 unspecified atom stereocenters. The third kappa shape index (κ3) is 4.21. The van der Waals surface area contributed by atoms with Gasteiger partial charge < -0.3 is 14.8 Å². The van der Waals surface area contributed by atoms with Crippen molar-refractivity contribution in [1.82, 2.24) is 4.90 Å². The first-order valence-corrected chi connectivity index (χ1v) is 7.21. The normalized spacial score (nSPS) is 17.5. The Kier molecular flexibility index (Phi) is 4.83. The van der Waals surface area contributed by atoms with Crippen molar-refractivity contribution in [2.24, 2.45) is 11.1 Å². The molecule has 1 amide bonds. The predicted molar refractivity (Wildman–Crippen MR) is 81.2 cm³/mol. The van der Waals surface area contributed by atoms with Crippen LogP contribution in [0.4, 0.5) is 0 Å². The SMILES string of the molecule is CC(C)CN(C)C(=O)CC1CC(c2ccc(O)cc2)=NO1. The highest BCUT2D eigenvalue weighted by atomic mass is 16.6. The van der Waals surface area contributed by atoms with Gasteiger partial charge in [0.15, 0.2) is 0 Å². The van der Waals surface area contributed by atoms with Crippen LogP contribution < -0.4 is 0 Å². The summed E-state index contributed by atoms with van der Waals surface area (Å²) in [5.74, 6) is 0.753. The maximum absolute atomic E-state index is 12.1. The summed E-state index contributed by atoms with van der Waals surface area (Å²) >= 11 is 0. The summed E-state index contributed by atoms with van der Waals surface area (Å²) in [6.45, 7) is 4.92. The molecule has 21 heavy (non-hydrogen) atoms. The van der Waals surface area contributed by atoms with Gasteiger partial charge in [-0.3, -0.25) is 4.79 Å². The molecule has 1 aromatic carbocycles. The molecule has 0 fully saturated rings. The van der Waals surface area contributed by atoms with Crippen molar-refractivity contribution >= 4 is 11.6 Å². The maximum atomic E-state index is 12.1. The Morgan fingerprint density at radius 2 is 2.10 bits per heavy atom. The first kappa shape index (κ1) is 15.4. The van der Waals surface area contributed by atoms with Crippen molar-refractivity contribution in [3.63, 3.8) is 0 Å². The lowest BCUT2D eigenvalue weighted by Gasteiger charge is -2.20. The van der Waals surface area contributed by atoms with Gasteiger partial charge in [-0.25, -0.2) is 0 Å². The van der Waals surface area contributed by atoms with E-state index in [9.17, 15) is 9.90 Å². The molecule has 0 aromatic heterocycles. The summed E-state index contributed by atoms with van der Waals surface area (Å²) in [4.78, 5) is 19.2. The van der Waals surface area contributed by atoms with E-state index < -0.39 is 0 Å². The largest absolute Gasteiger partial charge is 0.508 e. The van der Waals surface area contributed by atoms with Crippen molar-refractivity contribution in [2.75, 3.05) is 13.6 Å². The van der Waals surface area contributed by atoms with Crippen molar-refractivity contribution < 1.29 is 14.7 Å². The third-order valence-corrected chi connectivity index (χ3v) is 3.40. The average molecular weight is 290 g/mol. The summed E-state index contributed by atoms with van der Waals surface area (Å²) < 4.78 is 0. The lowest BCUT2D eigenvalue weighted by molar-refractivity contribution is -0.132. The Balaban J connectivity index is 1.87. The van der Waals surface area contributed by atoms with E-state index >= 15 is 0 Å². The minimum atomic E-state index is -0.198. The van der Waals surface area contributed by atoms with E-state index in [1.54, 1.807) is 29.2 Å². The maximum Gasteiger partial charge on any atom is 0.226 e. The Hall–Kier alpha value is -2.04. The molecule has 0 saturated heterocycles. The fourth-order valence-electron chi connectivity index (χ4n) is 2.36. The van der Waals surface area contributed by atoms with Crippen LogP contribution in [0.3, 0.4) is 0 Å². The molecule has 0 spiro atoms. The highest BCUT2D eigenvalue weighted by Gasteiger charge is 2.26. The Labute approximate surface area is 125 Å². The molecule has 0 bridgehead atoms. The van der Waals surface area contributed by atoms with Crippen molar-refractivity contribution in [3.05, 3.63) is 29.8 Å². The molecular formula is C16H22N2O3. The molecule has 0 aliphatic carbocycles. The fourth-order valence-corrected chi connectivity index (χ4v) is 2.36. The van der Waals surface area contributed by atoms with E-state index in [-0.39, 0.29) is 17.8 Å². The molecule has 1 N–H and O–H groups in total. The molecule has 1 aliphatic rings. The first-order chi connectivity index (χ1) is 9.95. The molecule has 2 rings (SSSR count). The zero-order chi connectivity index (χ0) is 15.4. The number of hydrogen-bond acceptors (Lipinski definition) is 4. The van der Waals surface area contributed by atoms with Crippen LogP contribution in [0.25, 0.3) is 0 Å². The first-order valence-electron chi connectivity index (χ1n) is 7.21. The molecule has 114 valence electrons. The number of phenols is 1. The zero-order valence-electron chi connectivity index (χ0n) is 12.7. The standard InChI is InChI=1S/C16H22N2O3/c1-11(2)10-18(3)16(20)9-14-8-15(17-21-14)12-4-6-13(19)7-5-12/h4-7,11,14,19H,8-10H2,1-3H3. The molecule has 1 aromatic rings. The van der Waals surface area contributed by atoms with Gasteiger partial charge in [0.1, 0.15) is 11.9 Å². The predicted octanol–water partition coefficient (Wildman–Crippen LogP) is 2.39. The van der Waals surface area contributed by atoms with E-state index in [4.69, 9.17) is 4.84 Å². The van der Waals surface area contributed by atoms with Gasteiger partial charge in [-0.1, -0.05) is 19.0 Å². The van der Waals surface area contributed by atoms with E-state index in [1.165, 1.54) is 0 Å². The number of amides is 1. The number of rotatable bonds is 5. The van der Waals surface area contributed by atoms with E-state index in [0.29, 0.717) is 18.8 Å². The molecule has 1 aliphatic heterocycles. The van der Waals surface area contributed by atoms with Crippen LogP contribution in [0, 0.1) is 5.92 Å². The number of phenolic OH excluding ortho intramolecular Hbond substituents is 1. The van der Waals surface area contributed by atoms with Gasteiger partial charge in [-0.05, 0) is 35.7 Å². The van der Waals surface area contributed by atoms with Gasteiger partial charge >= 0.3 is 0 Å². The van der Waals surface area contributed by atoms with Crippen molar-refractivity contribution in [3.8, 4) is 5.75 Å². The molecule has 0 radical (unpaired) electrons. The van der Waals surface area contributed by atoms with Crippen LogP contribution >= 0.6 is 0 Å². The topological polar surface area (TPSA) is 62.1 Å². The summed E-state index contributed by atoms with van der Waals surface area (Å²) in [7, 11) is 1.82.